The van der Waals surface area contributed by atoms with Crippen LogP contribution in [-0.2, 0) is 14.3 Å². The third-order valence-corrected chi connectivity index (χ3v) is 8.85. The van der Waals surface area contributed by atoms with E-state index in [1.54, 1.807) is 41.1 Å². The summed E-state index contributed by atoms with van der Waals surface area (Å²) in [7, 11) is 2.73. The normalized spacial score (nSPS) is 14.6. The standard InChI is InChI=1S/C32H26N4O6S2/c1-18-27(31(39)41-4)29(20-12-13-23(42-19(2)37)24(15-20)40-3)36-30(38)26(44-32(36)33-18)16-21-17-35(22-9-6-5-7-10-22)34-28(21)25-11-8-14-43-25/h5-17,29H,1-4H3/b26-16+/t29-/m0/s1. The first kappa shape index (κ1) is 29.0. The molecule has 0 bridgehead atoms. The number of carbonyl (C=O) groups is 2. The van der Waals surface area contributed by atoms with E-state index in [2.05, 4.69) is 4.99 Å². The summed E-state index contributed by atoms with van der Waals surface area (Å²) >= 11 is 2.78. The number of methoxy groups -OCH3 is 2. The summed E-state index contributed by atoms with van der Waals surface area (Å²) in [4.78, 5) is 44.9. The zero-order valence-electron chi connectivity index (χ0n) is 24.1. The minimum absolute atomic E-state index is 0.213. The number of hydrogen-bond donors (Lipinski definition) is 0. The summed E-state index contributed by atoms with van der Waals surface area (Å²) in [6.45, 7) is 3.00. The van der Waals surface area contributed by atoms with Crippen LogP contribution in [0.4, 0.5) is 0 Å². The lowest BCUT2D eigenvalue weighted by Crippen LogP contribution is -2.39. The second-order valence-electron chi connectivity index (χ2n) is 9.77. The van der Waals surface area contributed by atoms with E-state index in [-0.39, 0.29) is 22.6 Å². The van der Waals surface area contributed by atoms with Crippen molar-refractivity contribution in [3.8, 4) is 27.8 Å². The fourth-order valence-corrected chi connectivity index (χ4v) is 6.82. The molecule has 12 heteroatoms. The van der Waals surface area contributed by atoms with Gasteiger partial charge in [-0.05, 0) is 54.3 Å². The number of esters is 2. The number of allylic oxidation sites excluding steroid dienone is 1. The number of thiophene rings is 1. The van der Waals surface area contributed by atoms with Crippen molar-refractivity contribution in [3.63, 3.8) is 0 Å². The number of fused-ring (bicyclic) bond motifs is 1. The van der Waals surface area contributed by atoms with Gasteiger partial charge in [-0.1, -0.05) is 41.7 Å². The summed E-state index contributed by atoms with van der Waals surface area (Å²) in [6, 6.07) is 17.7. The minimum Gasteiger partial charge on any atom is -0.493 e. The second-order valence-corrected chi connectivity index (χ2v) is 11.7. The smallest absolute Gasteiger partial charge is 0.338 e. The van der Waals surface area contributed by atoms with E-state index in [1.165, 1.54) is 37.0 Å². The maximum absolute atomic E-state index is 14.2. The van der Waals surface area contributed by atoms with Crippen molar-refractivity contribution in [1.29, 1.82) is 0 Å². The number of thiazole rings is 1. The minimum atomic E-state index is -0.870. The molecule has 0 amide bonds. The van der Waals surface area contributed by atoms with Gasteiger partial charge in [-0.15, -0.1) is 11.3 Å². The Morgan fingerprint density at radius 3 is 2.50 bits per heavy atom. The van der Waals surface area contributed by atoms with Gasteiger partial charge in [-0.3, -0.25) is 14.2 Å². The maximum Gasteiger partial charge on any atom is 0.338 e. The third-order valence-electron chi connectivity index (χ3n) is 6.99. The molecule has 1 aliphatic rings. The lowest BCUT2D eigenvalue weighted by atomic mass is 9.95. The van der Waals surface area contributed by atoms with Gasteiger partial charge in [0.1, 0.15) is 5.69 Å². The molecule has 0 radical (unpaired) electrons. The number of ether oxygens (including phenoxy) is 3. The van der Waals surface area contributed by atoms with E-state index < -0.39 is 18.0 Å². The zero-order chi connectivity index (χ0) is 31.0. The quantitative estimate of drug-likeness (QED) is 0.196. The van der Waals surface area contributed by atoms with Gasteiger partial charge in [-0.25, -0.2) is 14.5 Å². The van der Waals surface area contributed by atoms with Crippen molar-refractivity contribution in [2.45, 2.75) is 19.9 Å². The van der Waals surface area contributed by atoms with Crippen LogP contribution >= 0.6 is 22.7 Å². The highest BCUT2D eigenvalue weighted by molar-refractivity contribution is 7.13. The van der Waals surface area contributed by atoms with Gasteiger partial charge in [0.2, 0.25) is 0 Å². The summed E-state index contributed by atoms with van der Waals surface area (Å²) in [5.41, 5.74) is 3.24. The lowest BCUT2D eigenvalue weighted by molar-refractivity contribution is -0.136. The molecule has 0 saturated heterocycles. The van der Waals surface area contributed by atoms with Crippen LogP contribution < -0.4 is 24.4 Å². The van der Waals surface area contributed by atoms with E-state index in [4.69, 9.17) is 19.3 Å². The molecule has 222 valence electrons. The Kier molecular flexibility index (Phi) is 7.85. The van der Waals surface area contributed by atoms with Gasteiger partial charge in [-0.2, -0.15) is 5.10 Å². The summed E-state index contributed by atoms with van der Waals surface area (Å²) < 4.78 is 19.6. The topological polar surface area (TPSA) is 114 Å². The average Bonchev–Trinajstić information content (AvgIpc) is 3.76. The molecule has 0 fully saturated rings. The van der Waals surface area contributed by atoms with Crippen molar-refractivity contribution in [3.05, 3.63) is 114 Å². The first-order valence-electron chi connectivity index (χ1n) is 13.4. The number of rotatable bonds is 7. The molecule has 44 heavy (non-hydrogen) atoms. The van der Waals surface area contributed by atoms with Crippen LogP contribution in [0.25, 0.3) is 22.3 Å². The van der Waals surface area contributed by atoms with E-state index in [9.17, 15) is 14.4 Å². The van der Waals surface area contributed by atoms with E-state index in [0.29, 0.717) is 20.6 Å². The highest BCUT2D eigenvalue weighted by Gasteiger charge is 2.34. The van der Waals surface area contributed by atoms with Gasteiger partial charge < -0.3 is 14.2 Å². The predicted octanol–water partition coefficient (Wildman–Crippen LogP) is 4.26. The molecule has 0 unspecified atom stereocenters. The van der Waals surface area contributed by atoms with Crippen LogP contribution in [0.3, 0.4) is 0 Å². The van der Waals surface area contributed by atoms with Crippen LogP contribution in [0.15, 0.2) is 93.3 Å². The van der Waals surface area contributed by atoms with Crippen molar-refractivity contribution in [2.24, 2.45) is 4.99 Å². The zero-order valence-corrected chi connectivity index (χ0v) is 25.8. The molecule has 2 aromatic carbocycles. The van der Waals surface area contributed by atoms with E-state index in [1.807, 2.05) is 60.1 Å². The molecular weight excluding hydrogens is 601 g/mol. The number of aromatic nitrogens is 3. The SMILES string of the molecule is COC(=O)C1=C(C)N=c2s/c(=C/c3cn(-c4ccccc4)nc3-c3cccs3)c(=O)n2[C@H]1c1ccc(OC(C)=O)c(OC)c1. The van der Waals surface area contributed by atoms with Crippen LogP contribution in [0, 0.1) is 0 Å². The predicted molar refractivity (Wildman–Crippen MR) is 167 cm³/mol. The molecule has 6 rings (SSSR count). The van der Waals surface area contributed by atoms with Crippen molar-refractivity contribution in [2.75, 3.05) is 14.2 Å². The van der Waals surface area contributed by atoms with Gasteiger partial charge in [0.15, 0.2) is 16.3 Å². The molecule has 1 aliphatic heterocycles. The Labute approximate surface area is 259 Å². The number of hydrogen-bond acceptors (Lipinski definition) is 10. The molecular formula is C32H26N4O6S2. The number of benzene rings is 2. The largest absolute Gasteiger partial charge is 0.493 e. The monoisotopic (exact) mass is 626 g/mol. The van der Waals surface area contributed by atoms with Gasteiger partial charge >= 0.3 is 11.9 Å². The third kappa shape index (κ3) is 5.29. The second kappa shape index (κ2) is 11.9. The summed E-state index contributed by atoms with van der Waals surface area (Å²) in [6.07, 6.45) is 3.70. The molecule has 0 spiro atoms. The summed E-state index contributed by atoms with van der Waals surface area (Å²) in [5, 5.41) is 6.83. The van der Waals surface area contributed by atoms with Crippen LogP contribution in [0.2, 0.25) is 0 Å². The van der Waals surface area contributed by atoms with Crippen molar-refractivity contribution >= 4 is 40.7 Å². The van der Waals surface area contributed by atoms with Crippen molar-refractivity contribution < 1.29 is 23.8 Å². The Morgan fingerprint density at radius 2 is 1.82 bits per heavy atom. The molecule has 4 heterocycles. The maximum atomic E-state index is 14.2. The highest BCUT2D eigenvalue weighted by atomic mass is 32.1. The Morgan fingerprint density at radius 1 is 1.02 bits per heavy atom. The molecule has 0 saturated carbocycles. The first-order valence-corrected chi connectivity index (χ1v) is 15.1. The van der Waals surface area contributed by atoms with Crippen LogP contribution in [-0.4, -0.2) is 40.5 Å². The molecule has 5 aromatic rings. The molecule has 10 nitrogen and oxygen atoms in total. The van der Waals surface area contributed by atoms with Crippen LogP contribution in [0.5, 0.6) is 11.5 Å². The van der Waals surface area contributed by atoms with Crippen molar-refractivity contribution in [1.82, 2.24) is 14.3 Å². The van der Waals surface area contributed by atoms with Gasteiger partial charge in [0.25, 0.3) is 5.56 Å². The molecule has 3 aromatic heterocycles. The highest BCUT2D eigenvalue weighted by Crippen LogP contribution is 2.36. The van der Waals surface area contributed by atoms with Gasteiger partial charge in [0.05, 0.1) is 46.6 Å². The Bertz CT molecular complexity index is 2110. The number of para-hydroxylation sites is 1. The average molecular weight is 627 g/mol. The molecule has 1 atom stereocenters. The fourth-order valence-electron chi connectivity index (χ4n) is 5.05. The fraction of sp³-hybridized carbons (Fsp3) is 0.156. The van der Waals surface area contributed by atoms with Gasteiger partial charge in [0, 0.05) is 18.7 Å². The lowest BCUT2D eigenvalue weighted by Gasteiger charge is -2.25. The molecule has 0 aliphatic carbocycles. The van der Waals surface area contributed by atoms with E-state index >= 15 is 0 Å². The van der Waals surface area contributed by atoms with Crippen LogP contribution in [0.1, 0.15) is 31.0 Å². The number of carbonyl (C=O) groups excluding carboxylic acids is 2. The first-order chi connectivity index (χ1) is 21.3. The Hall–Kier alpha value is -5.07. The summed E-state index contributed by atoms with van der Waals surface area (Å²) in [5.74, 6) is -0.633. The Balaban J connectivity index is 1.55. The molecule has 0 N–H and O–H groups in total. The number of nitrogens with zero attached hydrogens (tertiary/aromatic N) is 4. The van der Waals surface area contributed by atoms with E-state index in [0.717, 1.165) is 21.8 Å².